The molecular weight excluding hydrogens is 243 g/mol. The number of hydrogen-bond acceptors (Lipinski definition) is 2. The van der Waals surface area contributed by atoms with Crippen molar-refractivity contribution in [2.75, 3.05) is 5.32 Å². The Morgan fingerprint density at radius 2 is 1.95 bits per heavy atom. The number of pyridine rings is 1. The van der Waals surface area contributed by atoms with Crippen LogP contribution in [0.4, 0.5) is 10.2 Å². The average Bonchev–Trinajstić information content (AvgIpc) is 2.41. The Morgan fingerprint density at radius 3 is 2.58 bits per heavy atom. The Hall–Kier alpha value is -2.49. The van der Waals surface area contributed by atoms with E-state index in [1.807, 2.05) is 31.2 Å². The van der Waals surface area contributed by atoms with Crippen molar-refractivity contribution < 1.29 is 9.18 Å². The molecular formula is C15H13FN2O. The zero-order valence-electron chi connectivity index (χ0n) is 10.4. The van der Waals surface area contributed by atoms with Gasteiger partial charge in [0, 0.05) is 6.08 Å². The van der Waals surface area contributed by atoms with Gasteiger partial charge in [-0.25, -0.2) is 9.37 Å². The van der Waals surface area contributed by atoms with Gasteiger partial charge in [-0.05, 0) is 30.7 Å². The number of halogens is 1. The second-order valence-electron chi connectivity index (χ2n) is 4.09. The van der Waals surface area contributed by atoms with Gasteiger partial charge >= 0.3 is 0 Å². The SMILES string of the molecule is Cc1ccc(/C=C/C(=O)Nc2ccc(F)cn2)cc1. The van der Waals surface area contributed by atoms with Crippen LogP contribution in [0.3, 0.4) is 0 Å². The van der Waals surface area contributed by atoms with Crippen molar-refractivity contribution in [3.8, 4) is 0 Å². The number of rotatable bonds is 3. The van der Waals surface area contributed by atoms with Crippen molar-refractivity contribution in [3.63, 3.8) is 0 Å². The molecule has 1 aromatic carbocycles. The molecule has 96 valence electrons. The molecule has 0 aliphatic rings. The van der Waals surface area contributed by atoms with Crippen molar-refractivity contribution in [1.29, 1.82) is 0 Å². The van der Waals surface area contributed by atoms with E-state index >= 15 is 0 Å². The van der Waals surface area contributed by atoms with Crippen molar-refractivity contribution in [3.05, 3.63) is 65.6 Å². The van der Waals surface area contributed by atoms with Gasteiger partial charge in [-0.15, -0.1) is 0 Å². The number of aromatic nitrogens is 1. The molecule has 1 heterocycles. The van der Waals surface area contributed by atoms with Gasteiger partial charge in [0.25, 0.3) is 0 Å². The van der Waals surface area contributed by atoms with Crippen LogP contribution in [0.5, 0.6) is 0 Å². The second-order valence-corrected chi connectivity index (χ2v) is 4.09. The van der Waals surface area contributed by atoms with Crippen LogP contribution in [0.15, 0.2) is 48.7 Å². The molecule has 2 rings (SSSR count). The first kappa shape index (κ1) is 13.0. The summed E-state index contributed by atoms with van der Waals surface area (Å²) in [5.74, 6) is -0.423. The van der Waals surface area contributed by atoms with Crippen LogP contribution >= 0.6 is 0 Å². The van der Waals surface area contributed by atoms with Gasteiger partial charge in [0.05, 0.1) is 6.20 Å². The highest BCUT2D eigenvalue weighted by Crippen LogP contribution is 2.06. The van der Waals surface area contributed by atoms with Crippen molar-refractivity contribution in [2.45, 2.75) is 6.92 Å². The number of nitrogens with one attached hydrogen (secondary N) is 1. The topological polar surface area (TPSA) is 42.0 Å². The zero-order valence-corrected chi connectivity index (χ0v) is 10.4. The van der Waals surface area contributed by atoms with Gasteiger partial charge in [0.1, 0.15) is 11.6 Å². The Labute approximate surface area is 110 Å². The van der Waals surface area contributed by atoms with E-state index in [1.165, 1.54) is 18.2 Å². The minimum atomic E-state index is -0.437. The molecule has 2 aromatic rings. The summed E-state index contributed by atoms with van der Waals surface area (Å²) in [6.45, 7) is 2.00. The van der Waals surface area contributed by atoms with E-state index in [4.69, 9.17) is 0 Å². The molecule has 0 aliphatic carbocycles. The highest BCUT2D eigenvalue weighted by atomic mass is 19.1. The summed E-state index contributed by atoms with van der Waals surface area (Å²) in [5.41, 5.74) is 2.10. The first-order valence-corrected chi connectivity index (χ1v) is 5.81. The summed E-state index contributed by atoms with van der Waals surface area (Å²) in [5, 5.41) is 2.55. The van der Waals surface area contributed by atoms with Gasteiger partial charge < -0.3 is 5.32 Å². The fourth-order valence-corrected chi connectivity index (χ4v) is 1.47. The molecule has 1 amide bonds. The van der Waals surface area contributed by atoms with E-state index in [1.54, 1.807) is 6.08 Å². The monoisotopic (exact) mass is 256 g/mol. The molecule has 0 saturated carbocycles. The summed E-state index contributed by atoms with van der Waals surface area (Å²) in [4.78, 5) is 15.3. The standard InChI is InChI=1S/C15H13FN2O/c1-11-2-4-12(5-3-11)6-9-15(19)18-14-8-7-13(16)10-17-14/h2-10H,1H3,(H,17,18,19)/b9-6+. The van der Waals surface area contributed by atoms with E-state index in [0.717, 1.165) is 17.3 Å². The lowest BCUT2D eigenvalue weighted by Crippen LogP contribution is -2.08. The van der Waals surface area contributed by atoms with Crippen LogP contribution in [-0.2, 0) is 4.79 Å². The number of hydrogen-bond donors (Lipinski definition) is 1. The first-order chi connectivity index (χ1) is 9.13. The summed E-state index contributed by atoms with van der Waals surface area (Å²) in [7, 11) is 0. The molecule has 1 N–H and O–H groups in total. The molecule has 0 saturated heterocycles. The Bertz CT molecular complexity index is 589. The summed E-state index contributed by atoms with van der Waals surface area (Å²) < 4.78 is 12.6. The van der Waals surface area contributed by atoms with Crippen molar-refractivity contribution in [2.24, 2.45) is 0 Å². The van der Waals surface area contributed by atoms with Crippen LogP contribution in [0.1, 0.15) is 11.1 Å². The van der Waals surface area contributed by atoms with E-state index in [0.29, 0.717) is 5.82 Å². The van der Waals surface area contributed by atoms with Gasteiger partial charge in [-0.1, -0.05) is 29.8 Å². The Morgan fingerprint density at radius 1 is 1.21 bits per heavy atom. The zero-order chi connectivity index (χ0) is 13.7. The number of amides is 1. The van der Waals surface area contributed by atoms with Crippen molar-refractivity contribution in [1.82, 2.24) is 4.98 Å². The molecule has 0 unspecified atom stereocenters. The largest absolute Gasteiger partial charge is 0.307 e. The highest BCUT2D eigenvalue weighted by Gasteiger charge is 1.99. The maximum Gasteiger partial charge on any atom is 0.249 e. The van der Waals surface area contributed by atoms with E-state index in [2.05, 4.69) is 10.3 Å². The third-order valence-electron chi connectivity index (χ3n) is 2.48. The molecule has 0 radical (unpaired) electrons. The molecule has 0 atom stereocenters. The number of nitrogens with zero attached hydrogens (tertiary/aromatic N) is 1. The fourth-order valence-electron chi connectivity index (χ4n) is 1.47. The third-order valence-corrected chi connectivity index (χ3v) is 2.48. The smallest absolute Gasteiger partial charge is 0.249 e. The second kappa shape index (κ2) is 5.91. The molecule has 0 aliphatic heterocycles. The van der Waals surface area contributed by atoms with Gasteiger partial charge in [0.2, 0.25) is 5.91 Å². The summed E-state index contributed by atoms with van der Waals surface area (Å²) in [6, 6.07) is 10.4. The number of anilines is 1. The summed E-state index contributed by atoms with van der Waals surface area (Å²) >= 11 is 0. The third kappa shape index (κ3) is 4.03. The Kier molecular flexibility index (Phi) is 4.03. The predicted octanol–water partition coefficient (Wildman–Crippen LogP) is 3.18. The molecule has 0 fully saturated rings. The molecule has 0 spiro atoms. The van der Waals surface area contributed by atoms with Crippen LogP contribution < -0.4 is 5.32 Å². The lowest BCUT2D eigenvalue weighted by molar-refractivity contribution is -0.111. The van der Waals surface area contributed by atoms with Gasteiger partial charge in [-0.3, -0.25) is 4.79 Å². The maximum absolute atomic E-state index is 12.6. The highest BCUT2D eigenvalue weighted by molar-refractivity contribution is 6.01. The summed E-state index contributed by atoms with van der Waals surface area (Å²) in [6.07, 6.45) is 4.17. The normalized spacial score (nSPS) is 10.6. The number of benzene rings is 1. The number of carbonyl (C=O) groups excluding carboxylic acids is 1. The molecule has 3 nitrogen and oxygen atoms in total. The minimum Gasteiger partial charge on any atom is -0.307 e. The van der Waals surface area contributed by atoms with Crippen LogP contribution in [0.2, 0.25) is 0 Å². The molecule has 4 heteroatoms. The molecule has 1 aromatic heterocycles. The number of carbonyl (C=O) groups is 1. The molecule has 19 heavy (non-hydrogen) atoms. The maximum atomic E-state index is 12.6. The Balaban J connectivity index is 1.97. The van der Waals surface area contributed by atoms with E-state index in [-0.39, 0.29) is 5.91 Å². The van der Waals surface area contributed by atoms with Gasteiger partial charge in [-0.2, -0.15) is 0 Å². The first-order valence-electron chi connectivity index (χ1n) is 5.81. The lowest BCUT2D eigenvalue weighted by atomic mass is 10.1. The van der Waals surface area contributed by atoms with Crippen LogP contribution in [-0.4, -0.2) is 10.9 Å². The van der Waals surface area contributed by atoms with E-state index < -0.39 is 5.82 Å². The fraction of sp³-hybridized carbons (Fsp3) is 0.0667. The quantitative estimate of drug-likeness (QED) is 0.857. The number of aryl methyl sites for hydroxylation is 1. The predicted molar refractivity (Wildman–Crippen MR) is 73.0 cm³/mol. The lowest BCUT2D eigenvalue weighted by Gasteiger charge is -2.00. The van der Waals surface area contributed by atoms with Gasteiger partial charge in [0.15, 0.2) is 0 Å². The van der Waals surface area contributed by atoms with E-state index in [9.17, 15) is 9.18 Å². The van der Waals surface area contributed by atoms with Crippen LogP contribution in [0.25, 0.3) is 6.08 Å². The minimum absolute atomic E-state index is 0.306. The van der Waals surface area contributed by atoms with Crippen LogP contribution in [0, 0.1) is 12.7 Å². The van der Waals surface area contributed by atoms with Crippen molar-refractivity contribution >= 4 is 17.8 Å². The average molecular weight is 256 g/mol. The molecule has 0 bridgehead atoms.